The molecule has 1 heterocycles. The lowest BCUT2D eigenvalue weighted by molar-refractivity contribution is 0.0263. The van der Waals surface area contributed by atoms with Crippen LogP contribution in [-0.4, -0.2) is 11.2 Å². The van der Waals surface area contributed by atoms with E-state index in [0.29, 0.717) is 0 Å². The number of aliphatic hydroxyl groups excluding tert-OH is 1. The molecule has 84 valence electrons. The highest BCUT2D eigenvalue weighted by Gasteiger charge is 2.38. The molecular weight excluding hydrogens is 204 g/mol. The Labute approximate surface area is 96.1 Å². The molecule has 1 nitrogen and oxygen atoms in total. The average molecular weight is 224 g/mol. The molecule has 0 radical (unpaired) electrons. The fourth-order valence-electron chi connectivity index (χ4n) is 2.84. The minimum absolute atomic E-state index is 0.136. The number of thiophene rings is 1. The van der Waals surface area contributed by atoms with Crippen LogP contribution in [0.1, 0.15) is 43.9 Å². The Kier molecular flexibility index (Phi) is 3.47. The monoisotopic (exact) mass is 224 g/mol. The van der Waals surface area contributed by atoms with Gasteiger partial charge in [0.15, 0.2) is 0 Å². The van der Waals surface area contributed by atoms with Gasteiger partial charge in [0.25, 0.3) is 0 Å². The first kappa shape index (κ1) is 11.2. The highest BCUT2D eigenvalue weighted by molar-refractivity contribution is 7.09. The van der Waals surface area contributed by atoms with E-state index in [0.717, 1.165) is 12.8 Å². The van der Waals surface area contributed by atoms with Gasteiger partial charge in [0.05, 0.1) is 6.10 Å². The zero-order chi connectivity index (χ0) is 10.7. The molecule has 0 spiro atoms. The maximum Gasteiger partial charge on any atom is 0.0644 e. The zero-order valence-electron chi connectivity index (χ0n) is 9.41. The van der Waals surface area contributed by atoms with Crippen LogP contribution in [0.2, 0.25) is 0 Å². The predicted octanol–water partition coefficient (Wildman–Crippen LogP) is 3.62. The normalized spacial score (nSPS) is 21.7. The van der Waals surface area contributed by atoms with Gasteiger partial charge >= 0.3 is 0 Å². The minimum Gasteiger partial charge on any atom is -0.392 e. The van der Waals surface area contributed by atoms with Crippen LogP contribution in [-0.2, 0) is 6.42 Å². The molecule has 1 aromatic rings. The predicted molar refractivity (Wildman–Crippen MR) is 65.2 cm³/mol. The van der Waals surface area contributed by atoms with Crippen molar-refractivity contribution in [3.8, 4) is 0 Å². The number of aliphatic hydroxyl groups is 1. The van der Waals surface area contributed by atoms with Gasteiger partial charge in [0.1, 0.15) is 0 Å². The van der Waals surface area contributed by atoms with E-state index in [1.807, 2.05) is 0 Å². The molecule has 0 bridgehead atoms. The van der Waals surface area contributed by atoms with Gasteiger partial charge in [-0.3, -0.25) is 0 Å². The molecule has 0 aliphatic heterocycles. The summed E-state index contributed by atoms with van der Waals surface area (Å²) in [5.74, 6) is 0. The zero-order valence-corrected chi connectivity index (χ0v) is 10.2. The van der Waals surface area contributed by atoms with E-state index in [1.54, 1.807) is 11.3 Å². The Hall–Kier alpha value is -0.340. The summed E-state index contributed by atoms with van der Waals surface area (Å²) in [5, 5.41) is 12.5. The van der Waals surface area contributed by atoms with Crippen molar-refractivity contribution in [2.45, 2.75) is 51.6 Å². The van der Waals surface area contributed by atoms with E-state index < -0.39 is 0 Å². The van der Waals surface area contributed by atoms with Gasteiger partial charge in [0.2, 0.25) is 0 Å². The van der Waals surface area contributed by atoms with E-state index in [4.69, 9.17) is 0 Å². The highest BCUT2D eigenvalue weighted by Crippen LogP contribution is 2.44. The van der Waals surface area contributed by atoms with Crippen molar-refractivity contribution in [3.05, 3.63) is 22.4 Å². The molecule has 1 aromatic heterocycles. The third kappa shape index (κ3) is 2.26. The number of rotatable bonds is 4. The van der Waals surface area contributed by atoms with Crippen molar-refractivity contribution in [2.75, 3.05) is 0 Å². The summed E-state index contributed by atoms with van der Waals surface area (Å²) in [5.41, 5.74) is 0.226. The van der Waals surface area contributed by atoms with Crippen LogP contribution < -0.4 is 0 Å². The lowest BCUT2D eigenvalue weighted by Crippen LogP contribution is -2.33. The van der Waals surface area contributed by atoms with Crippen LogP contribution in [0, 0.1) is 5.41 Å². The topological polar surface area (TPSA) is 20.2 Å². The van der Waals surface area contributed by atoms with Crippen LogP contribution >= 0.6 is 11.3 Å². The van der Waals surface area contributed by atoms with Gasteiger partial charge in [0, 0.05) is 11.3 Å². The molecule has 15 heavy (non-hydrogen) atoms. The van der Waals surface area contributed by atoms with Gasteiger partial charge in [-0.1, -0.05) is 25.8 Å². The second-order valence-corrected chi connectivity index (χ2v) is 5.75. The van der Waals surface area contributed by atoms with Gasteiger partial charge in [-0.15, -0.1) is 11.3 Å². The molecule has 1 N–H and O–H groups in total. The Morgan fingerprint density at radius 3 is 2.73 bits per heavy atom. The van der Waals surface area contributed by atoms with Crippen LogP contribution in [0.15, 0.2) is 17.5 Å². The molecular formula is C13H20OS. The summed E-state index contributed by atoms with van der Waals surface area (Å²) in [6.07, 6.45) is 6.88. The van der Waals surface area contributed by atoms with Crippen molar-refractivity contribution in [2.24, 2.45) is 5.41 Å². The van der Waals surface area contributed by atoms with Gasteiger partial charge in [-0.05, 0) is 36.1 Å². The lowest BCUT2D eigenvalue weighted by Gasteiger charge is -2.33. The van der Waals surface area contributed by atoms with E-state index in [9.17, 15) is 5.11 Å². The summed E-state index contributed by atoms with van der Waals surface area (Å²) in [7, 11) is 0. The smallest absolute Gasteiger partial charge is 0.0644 e. The van der Waals surface area contributed by atoms with Crippen molar-refractivity contribution in [3.63, 3.8) is 0 Å². The SMILES string of the molecule is CCC1(C(O)Cc2cccs2)CCCC1. The average Bonchev–Trinajstić information content (AvgIpc) is 2.87. The fraction of sp³-hybridized carbons (Fsp3) is 0.692. The second-order valence-electron chi connectivity index (χ2n) is 4.72. The minimum atomic E-state index is -0.136. The van der Waals surface area contributed by atoms with Crippen LogP contribution in [0.5, 0.6) is 0 Å². The molecule has 2 rings (SSSR count). The van der Waals surface area contributed by atoms with Crippen molar-refractivity contribution in [1.29, 1.82) is 0 Å². The molecule has 1 aliphatic rings. The first-order chi connectivity index (χ1) is 7.27. The molecule has 1 atom stereocenters. The fourth-order valence-corrected chi connectivity index (χ4v) is 3.58. The maximum atomic E-state index is 10.4. The summed E-state index contributed by atoms with van der Waals surface area (Å²) in [6.45, 7) is 2.23. The van der Waals surface area contributed by atoms with Gasteiger partial charge in [-0.2, -0.15) is 0 Å². The largest absolute Gasteiger partial charge is 0.392 e. The molecule has 1 unspecified atom stereocenters. The van der Waals surface area contributed by atoms with Crippen molar-refractivity contribution in [1.82, 2.24) is 0 Å². The Bertz CT molecular complexity index is 285. The van der Waals surface area contributed by atoms with Crippen LogP contribution in [0.3, 0.4) is 0 Å². The maximum absolute atomic E-state index is 10.4. The molecule has 1 aliphatic carbocycles. The van der Waals surface area contributed by atoms with Crippen molar-refractivity contribution >= 4 is 11.3 Å². The molecule has 0 saturated heterocycles. The summed E-state index contributed by atoms with van der Waals surface area (Å²) in [4.78, 5) is 1.32. The second kappa shape index (κ2) is 4.67. The van der Waals surface area contributed by atoms with Crippen LogP contribution in [0.25, 0.3) is 0 Å². The van der Waals surface area contributed by atoms with E-state index in [2.05, 4.69) is 24.4 Å². The van der Waals surface area contributed by atoms with Crippen LogP contribution in [0.4, 0.5) is 0 Å². The van der Waals surface area contributed by atoms with Gasteiger partial charge < -0.3 is 5.11 Å². The number of hydrogen-bond donors (Lipinski definition) is 1. The van der Waals surface area contributed by atoms with Gasteiger partial charge in [-0.25, -0.2) is 0 Å². The molecule has 0 amide bonds. The summed E-state index contributed by atoms with van der Waals surface area (Å²) < 4.78 is 0. The summed E-state index contributed by atoms with van der Waals surface area (Å²) in [6, 6.07) is 4.20. The molecule has 1 saturated carbocycles. The third-order valence-electron chi connectivity index (χ3n) is 3.98. The van der Waals surface area contributed by atoms with Crippen molar-refractivity contribution < 1.29 is 5.11 Å². The van der Waals surface area contributed by atoms with E-state index in [1.165, 1.54) is 30.6 Å². The number of hydrogen-bond acceptors (Lipinski definition) is 2. The van der Waals surface area contributed by atoms with E-state index >= 15 is 0 Å². The highest BCUT2D eigenvalue weighted by atomic mass is 32.1. The lowest BCUT2D eigenvalue weighted by atomic mass is 9.76. The third-order valence-corrected chi connectivity index (χ3v) is 4.88. The standard InChI is InChI=1S/C13H20OS/c1-2-13(7-3-4-8-13)12(14)10-11-6-5-9-15-11/h5-6,9,12,14H,2-4,7-8,10H2,1H3. The first-order valence-electron chi connectivity index (χ1n) is 5.97. The first-order valence-corrected chi connectivity index (χ1v) is 6.85. The molecule has 2 heteroatoms. The molecule has 0 aromatic carbocycles. The molecule has 1 fully saturated rings. The Morgan fingerprint density at radius 2 is 2.20 bits per heavy atom. The quantitative estimate of drug-likeness (QED) is 0.828. The summed E-state index contributed by atoms with van der Waals surface area (Å²) >= 11 is 1.76. The Balaban J connectivity index is 2.02. The van der Waals surface area contributed by atoms with E-state index in [-0.39, 0.29) is 11.5 Å². The Morgan fingerprint density at radius 1 is 1.47 bits per heavy atom.